The van der Waals surface area contributed by atoms with Gasteiger partial charge < -0.3 is 14.8 Å². The summed E-state index contributed by atoms with van der Waals surface area (Å²) in [7, 11) is 3.10. The van der Waals surface area contributed by atoms with Crippen molar-refractivity contribution in [1.29, 1.82) is 0 Å². The van der Waals surface area contributed by atoms with E-state index in [1.165, 1.54) is 57.8 Å². The maximum Gasteiger partial charge on any atom is 0.324 e. The van der Waals surface area contributed by atoms with Crippen LogP contribution in [0.25, 0.3) is 0 Å². The van der Waals surface area contributed by atoms with Gasteiger partial charge >= 0.3 is 12.0 Å². The minimum atomic E-state index is -0.0304. The molecule has 1 aromatic rings. The standard InChI is InChI=1S/C20H38N4O2/c1-6-8-10-12-14-16-20(3,15-13-11-9-7-2)24-17-21-18(25-4)23-19(22-17)26-5/h6-16H2,1-5H3,(H,21,22,23,24). The van der Waals surface area contributed by atoms with E-state index in [1.807, 2.05) is 0 Å². The number of nitrogens with one attached hydrogen (secondary N) is 1. The van der Waals surface area contributed by atoms with Gasteiger partial charge in [-0.25, -0.2) is 0 Å². The quantitative estimate of drug-likeness (QED) is 0.420. The first-order chi connectivity index (χ1) is 12.6. The van der Waals surface area contributed by atoms with Gasteiger partial charge in [-0.3, -0.25) is 0 Å². The molecule has 1 rings (SSSR count). The van der Waals surface area contributed by atoms with Crippen LogP contribution in [0.15, 0.2) is 0 Å². The van der Waals surface area contributed by atoms with Gasteiger partial charge in [-0.1, -0.05) is 71.6 Å². The van der Waals surface area contributed by atoms with Gasteiger partial charge in [0.2, 0.25) is 5.95 Å². The number of ether oxygens (including phenoxy) is 2. The first kappa shape index (κ1) is 22.5. The molecule has 0 aliphatic rings. The average molecular weight is 367 g/mol. The Bertz CT molecular complexity index is 476. The molecule has 0 bridgehead atoms. The molecule has 0 aliphatic heterocycles. The fourth-order valence-electron chi connectivity index (χ4n) is 3.16. The first-order valence-corrected chi connectivity index (χ1v) is 10.2. The van der Waals surface area contributed by atoms with Crippen molar-refractivity contribution >= 4 is 5.95 Å². The second-order valence-corrected chi connectivity index (χ2v) is 7.29. The Balaban J connectivity index is 2.75. The number of nitrogens with zero attached hydrogens (tertiary/aromatic N) is 3. The Morgan fingerprint density at radius 1 is 0.731 bits per heavy atom. The van der Waals surface area contributed by atoms with Gasteiger partial charge in [0.1, 0.15) is 0 Å². The van der Waals surface area contributed by atoms with Gasteiger partial charge in [-0.15, -0.1) is 4.98 Å². The van der Waals surface area contributed by atoms with Gasteiger partial charge in [-0.2, -0.15) is 9.97 Å². The van der Waals surface area contributed by atoms with Crippen molar-refractivity contribution in [3.05, 3.63) is 0 Å². The molecule has 0 aliphatic carbocycles. The van der Waals surface area contributed by atoms with Gasteiger partial charge in [0.05, 0.1) is 14.2 Å². The highest BCUT2D eigenvalue weighted by Gasteiger charge is 2.25. The Morgan fingerprint density at radius 2 is 1.19 bits per heavy atom. The molecule has 1 atom stereocenters. The Hall–Kier alpha value is -1.59. The molecule has 0 fully saturated rings. The van der Waals surface area contributed by atoms with Crippen LogP contribution in [0.4, 0.5) is 5.95 Å². The first-order valence-electron chi connectivity index (χ1n) is 10.2. The highest BCUT2D eigenvalue weighted by Crippen LogP contribution is 2.27. The molecule has 0 amide bonds. The van der Waals surface area contributed by atoms with Crippen LogP contribution in [0.5, 0.6) is 12.0 Å². The Morgan fingerprint density at radius 3 is 1.65 bits per heavy atom. The van der Waals surface area contributed by atoms with Crippen molar-refractivity contribution in [1.82, 2.24) is 15.0 Å². The second kappa shape index (κ2) is 12.7. The molecule has 1 unspecified atom stereocenters. The lowest BCUT2D eigenvalue weighted by Gasteiger charge is -2.31. The van der Waals surface area contributed by atoms with Crippen molar-refractivity contribution in [2.24, 2.45) is 0 Å². The van der Waals surface area contributed by atoms with E-state index in [1.54, 1.807) is 14.2 Å². The summed E-state index contributed by atoms with van der Waals surface area (Å²) in [6, 6.07) is 0.547. The van der Waals surface area contributed by atoms with Gasteiger partial charge in [-0.05, 0) is 19.8 Å². The number of methoxy groups -OCH3 is 2. The minimum Gasteiger partial charge on any atom is -0.467 e. The van der Waals surface area contributed by atoms with Crippen LogP contribution < -0.4 is 14.8 Å². The van der Waals surface area contributed by atoms with Crippen molar-refractivity contribution in [3.63, 3.8) is 0 Å². The summed E-state index contributed by atoms with van der Waals surface area (Å²) in [6.45, 7) is 6.77. The third-order valence-electron chi connectivity index (χ3n) is 4.79. The fourth-order valence-corrected chi connectivity index (χ4v) is 3.16. The van der Waals surface area contributed by atoms with Crippen molar-refractivity contribution in [2.45, 2.75) is 96.9 Å². The highest BCUT2D eigenvalue weighted by atomic mass is 16.5. The molecule has 0 saturated carbocycles. The van der Waals surface area contributed by atoms with Crippen LogP contribution in [-0.4, -0.2) is 34.7 Å². The van der Waals surface area contributed by atoms with Crippen molar-refractivity contribution in [3.8, 4) is 12.0 Å². The number of anilines is 1. The fraction of sp³-hybridized carbons (Fsp3) is 0.850. The second-order valence-electron chi connectivity index (χ2n) is 7.29. The molecule has 1 N–H and O–H groups in total. The molecule has 1 heterocycles. The van der Waals surface area contributed by atoms with Crippen molar-refractivity contribution in [2.75, 3.05) is 19.5 Å². The van der Waals surface area contributed by atoms with Crippen LogP contribution in [0.1, 0.15) is 91.4 Å². The smallest absolute Gasteiger partial charge is 0.324 e. The third-order valence-corrected chi connectivity index (χ3v) is 4.79. The van der Waals surface area contributed by atoms with E-state index in [2.05, 4.69) is 41.0 Å². The lowest BCUT2D eigenvalue weighted by atomic mass is 9.88. The summed E-state index contributed by atoms with van der Waals surface area (Å²) in [4.78, 5) is 12.8. The average Bonchev–Trinajstić information content (AvgIpc) is 2.64. The number of unbranched alkanes of at least 4 members (excludes halogenated alkanes) is 7. The molecule has 0 radical (unpaired) electrons. The van der Waals surface area contributed by atoms with E-state index in [0.29, 0.717) is 5.95 Å². The molecule has 26 heavy (non-hydrogen) atoms. The Kier molecular flexibility index (Phi) is 11.0. The van der Waals surface area contributed by atoms with Crippen LogP contribution in [0.3, 0.4) is 0 Å². The maximum atomic E-state index is 5.17. The van der Waals surface area contributed by atoms with E-state index >= 15 is 0 Å². The lowest BCUT2D eigenvalue weighted by Crippen LogP contribution is -2.35. The molecule has 6 nitrogen and oxygen atoms in total. The highest BCUT2D eigenvalue weighted by molar-refractivity contribution is 5.31. The zero-order valence-corrected chi connectivity index (χ0v) is 17.4. The normalized spacial score (nSPS) is 13.3. The van der Waals surface area contributed by atoms with Crippen LogP contribution in [-0.2, 0) is 0 Å². The maximum absolute atomic E-state index is 5.17. The zero-order chi connectivity index (χ0) is 19.3. The molecule has 1 aromatic heterocycles. The number of rotatable bonds is 15. The van der Waals surface area contributed by atoms with Gasteiger partial charge in [0, 0.05) is 5.54 Å². The summed E-state index contributed by atoms with van der Waals surface area (Å²) < 4.78 is 10.3. The molecule has 0 saturated heterocycles. The number of hydrogen-bond acceptors (Lipinski definition) is 6. The van der Waals surface area contributed by atoms with Gasteiger partial charge in [0.15, 0.2) is 0 Å². The van der Waals surface area contributed by atoms with E-state index < -0.39 is 0 Å². The third kappa shape index (κ3) is 8.68. The molecule has 0 aromatic carbocycles. The summed E-state index contributed by atoms with van der Waals surface area (Å²) >= 11 is 0. The molecule has 150 valence electrons. The summed E-state index contributed by atoms with van der Waals surface area (Å²) in [5.74, 6) is 0.528. The van der Waals surface area contributed by atoms with Crippen molar-refractivity contribution < 1.29 is 9.47 Å². The van der Waals surface area contributed by atoms with Crippen LogP contribution in [0.2, 0.25) is 0 Å². The van der Waals surface area contributed by atoms with E-state index in [0.717, 1.165) is 12.8 Å². The SMILES string of the molecule is CCCCCCCC(C)(CCCCCC)Nc1nc(OC)nc(OC)n1. The van der Waals surface area contributed by atoms with E-state index in [4.69, 9.17) is 9.47 Å². The summed E-state index contributed by atoms with van der Waals surface area (Å²) in [6.07, 6.45) is 13.7. The predicted molar refractivity (Wildman–Crippen MR) is 107 cm³/mol. The van der Waals surface area contributed by atoms with E-state index in [-0.39, 0.29) is 17.6 Å². The predicted octanol–water partition coefficient (Wildman–Crippen LogP) is 5.39. The number of hydrogen-bond donors (Lipinski definition) is 1. The lowest BCUT2D eigenvalue weighted by molar-refractivity contribution is 0.338. The molecular weight excluding hydrogens is 328 g/mol. The largest absolute Gasteiger partial charge is 0.467 e. The van der Waals surface area contributed by atoms with Gasteiger partial charge in [0.25, 0.3) is 0 Å². The van der Waals surface area contributed by atoms with Crippen LogP contribution >= 0.6 is 0 Å². The zero-order valence-electron chi connectivity index (χ0n) is 17.4. The number of aromatic nitrogens is 3. The topological polar surface area (TPSA) is 69.2 Å². The van der Waals surface area contributed by atoms with Crippen LogP contribution in [0, 0.1) is 0 Å². The summed E-state index contributed by atoms with van der Waals surface area (Å²) in [5.41, 5.74) is -0.0304. The summed E-state index contributed by atoms with van der Waals surface area (Å²) in [5, 5.41) is 3.55. The molecule has 6 heteroatoms. The molecule has 0 spiro atoms. The molecular formula is C20H38N4O2. The minimum absolute atomic E-state index is 0.0304. The van der Waals surface area contributed by atoms with E-state index in [9.17, 15) is 0 Å². The Labute approximate surface area is 159 Å². The monoisotopic (exact) mass is 366 g/mol.